The van der Waals surface area contributed by atoms with E-state index in [9.17, 15) is 0 Å². The topological polar surface area (TPSA) is 95.6 Å². The van der Waals surface area contributed by atoms with Gasteiger partial charge in [0, 0.05) is 11.3 Å². The molecule has 1 heterocycles. The molecule has 20 heavy (non-hydrogen) atoms. The molecule has 4 N–H and O–H groups in total. The van der Waals surface area contributed by atoms with Crippen LogP contribution in [0.15, 0.2) is 47.7 Å². The molecular weight excluding hydrogens is 252 g/mol. The third kappa shape index (κ3) is 2.27. The summed E-state index contributed by atoms with van der Waals surface area (Å²) in [5.74, 6) is 0.571. The Morgan fingerprint density at radius 3 is 2.75 bits per heavy atom. The fourth-order valence-corrected chi connectivity index (χ4v) is 2.33. The maximum absolute atomic E-state index is 6.19. The zero-order valence-electron chi connectivity index (χ0n) is 11.0. The first-order valence-corrected chi connectivity index (χ1v) is 6.51. The van der Waals surface area contributed by atoms with Gasteiger partial charge in [-0.3, -0.25) is 0 Å². The molecule has 1 aromatic heterocycles. The Morgan fingerprint density at radius 2 is 2.05 bits per heavy atom. The number of hydrogen-bond donors (Lipinski definition) is 2. The SMILES string of the molecule is NC1=CCCC1=C(N)c1nnnn1Cc1ccccc1. The van der Waals surface area contributed by atoms with E-state index >= 15 is 0 Å². The highest BCUT2D eigenvalue weighted by atomic mass is 15.5. The molecule has 2 aromatic rings. The Hall–Kier alpha value is -2.63. The third-order valence-electron chi connectivity index (χ3n) is 3.38. The van der Waals surface area contributed by atoms with Crippen LogP contribution in [0.3, 0.4) is 0 Å². The molecule has 0 aliphatic heterocycles. The van der Waals surface area contributed by atoms with Gasteiger partial charge in [0.2, 0.25) is 0 Å². The number of allylic oxidation sites excluding steroid dienone is 2. The Bertz CT molecular complexity index is 668. The molecule has 6 nitrogen and oxygen atoms in total. The minimum Gasteiger partial charge on any atom is -0.399 e. The van der Waals surface area contributed by atoms with Crippen LogP contribution in [0.1, 0.15) is 24.2 Å². The van der Waals surface area contributed by atoms with Crippen LogP contribution in [0.25, 0.3) is 5.70 Å². The van der Waals surface area contributed by atoms with Crippen molar-refractivity contribution in [3.05, 3.63) is 59.1 Å². The second-order valence-electron chi connectivity index (χ2n) is 4.74. The van der Waals surface area contributed by atoms with Crippen molar-refractivity contribution in [2.24, 2.45) is 11.5 Å². The van der Waals surface area contributed by atoms with Crippen molar-refractivity contribution in [2.75, 3.05) is 0 Å². The number of nitrogens with zero attached hydrogens (tertiary/aromatic N) is 4. The molecule has 0 saturated carbocycles. The Balaban J connectivity index is 1.93. The van der Waals surface area contributed by atoms with Crippen LogP contribution in [0.2, 0.25) is 0 Å². The van der Waals surface area contributed by atoms with Gasteiger partial charge in [0.25, 0.3) is 0 Å². The first kappa shape index (κ1) is 12.4. The smallest absolute Gasteiger partial charge is 0.198 e. The predicted molar refractivity (Wildman–Crippen MR) is 76.0 cm³/mol. The van der Waals surface area contributed by atoms with E-state index in [0.717, 1.165) is 29.7 Å². The normalized spacial score (nSPS) is 17.1. The van der Waals surface area contributed by atoms with E-state index in [1.807, 2.05) is 36.4 Å². The van der Waals surface area contributed by atoms with Crippen LogP contribution >= 0.6 is 0 Å². The van der Waals surface area contributed by atoms with Crippen LogP contribution < -0.4 is 11.5 Å². The minimum absolute atomic E-state index is 0.567. The molecule has 0 saturated heterocycles. The van der Waals surface area contributed by atoms with Crippen molar-refractivity contribution in [3.8, 4) is 0 Å². The fourth-order valence-electron chi connectivity index (χ4n) is 2.33. The molecule has 0 radical (unpaired) electrons. The van der Waals surface area contributed by atoms with Crippen molar-refractivity contribution >= 4 is 5.70 Å². The minimum atomic E-state index is 0.567. The van der Waals surface area contributed by atoms with Gasteiger partial charge >= 0.3 is 0 Å². The van der Waals surface area contributed by atoms with Gasteiger partial charge in [-0.1, -0.05) is 36.4 Å². The summed E-state index contributed by atoms with van der Waals surface area (Å²) in [6.07, 6.45) is 3.74. The lowest BCUT2D eigenvalue weighted by molar-refractivity contribution is 0.641. The second kappa shape index (κ2) is 5.16. The van der Waals surface area contributed by atoms with Crippen LogP contribution in [-0.4, -0.2) is 20.2 Å². The molecule has 0 fully saturated rings. The average molecular weight is 268 g/mol. The van der Waals surface area contributed by atoms with Gasteiger partial charge in [0.1, 0.15) is 0 Å². The van der Waals surface area contributed by atoms with Crippen molar-refractivity contribution in [1.82, 2.24) is 20.2 Å². The summed E-state index contributed by atoms with van der Waals surface area (Å²) in [7, 11) is 0. The van der Waals surface area contributed by atoms with Gasteiger partial charge in [0.05, 0.1) is 12.2 Å². The van der Waals surface area contributed by atoms with Gasteiger partial charge in [-0.05, 0) is 28.8 Å². The molecular formula is C14H16N6. The molecule has 6 heteroatoms. The summed E-state index contributed by atoms with van der Waals surface area (Å²) >= 11 is 0. The van der Waals surface area contributed by atoms with Gasteiger partial charge in [-0.15, -0.1) is 5.10 Å². The highest BCUT2D eigenvalue weighted by Gasteiger charge is 2.18. The number of tetrazole rings is 1. The summed E-state index contributed by atoms with van der Waals surface area (Å²) in [6, 6.07) is 10.00. The predicted octanol–water partition coefficient (Wildman–Crippen LogP) is 1.03. The molecule has 0 unspecified atom stereocenters. The van der Waals surface area contributed by atoms with E-state index in [1.54, 1.807) is 4.68 Å². The Labute approximate surface area is 116 Å². The van der Waals surface area contributed by atoms with E-state index in [0.29, 0.717) is 18.1 Å². The van der Waals surface area contributed by atoms with Crippen molar-refractivity contribution in [2.45, 2.75) is 19.4 Å². The van der Waals surface area contributed by atoms with E-state index in [4.69, 9.17) is 11.5 Å². The lowest BCUT2D eigenvalue weighted by atomic mass is 10.1. The molecule has 3 rings (SSSR count). The molecule has 0 spiro atoms. The first-order chi connectivity index (χ1) is 9.75. The number of benzene rings is 1. The summed E-state index contributed by atoms with van der Waals surface area (Å²) in [5, 5.41) is 11.8. The zero-order chi connectivity index (χ0) is 13.9. The van der Waals surface area contributed by atoms with E-state index in [1.165, 1.54) is 0 Å². The first-order valence-electron chi connectivity index (χ1n) is 6.51. The summed E-state index contributed by atoms with van der Waals surface area (Å²) in [5.41, 5.74) is 15.5. The molecule has 0 amide bonds. The monoisotopic (exact) mass is 268 g/mol. The lowest BCUT2D eigenvalue weighted by Crippen LogP contribution is -2.13. The van der Waals surface area contributed by atoms with Crippen molar-refractivity contribution < 1.29 is 0 Å². The third-order valence-corrected chi connectivity index (χ3v) is 3.38. The number of nitrogens with two attached hydrogens (primary N) is 2. The summed E-state index contributed by atoms with van der Waals surface area (Å²) < 4.78 is 1.70. The highest BCUT2D eigenvalue weighted by molar-refractivity contribution is 5.66. The van der Waals surface area contributed by atoms with Gasteiger partial charge in [-0.25, -0.2) is 4.68 Å². The van der Waals surface area contributed by atoms with Gasteiger partial charge < -0.3 is 11.5 Å². The number of rotatable bonds is 3. The maximum atomic E-state index is 6.19. The number of aromatic nitrogens is 4. The van der Waals surface area contributed by atoms with Crippen molar-refractivity contribution in [1.29, 1.82) is 0 Å². The molecule has 102 valence electrons. The Morgan fingerprint density at radius 1 is 1.25 bits per heavy atom. The Kier molecular flexibility index (Phi) is 3.20. The second-order valence-corrected chi connectivity index (χ2v) is 4.74. The van der Waals surface area contributed by atoms with Gasteiger partial charge in [0.15, 0.2) is 5.82 Å². The average Bonchev–Trinajstić information content (AvgIpc) is 3.08. The molecule has 0 bridgehead atoms. The molecule has 1 aromatic carbocycles. The van der Waals surface area contributed by atoms with E-state index < -0.39 is 0 Å². The standard InChI is InChI=1S/C14H16N6/c15-12-8-4-7-11(12)13(16)14-17-18-19-20(14)9-10-5-2-1-3-6-10/h1-3,5-6,8H,4,7,9,15-16H2. The largest absolute Gasteiger partial charge is 0.399 e. The van der Waals surface area contributed by atoms with E-state index in [-0.39, 0.29) is 0 Å². The van der Waals surface area contributed by atoms with Gasteiger partial charge in [-0.2, -0.15) is 0 Å². The lowest BCUT2D eigenvalue weighted by Gasteiger charge is -2.08. The van der Waals surface area contributed by atoms with Crippen LogP contribution in [0.5, 0.6) is 0 Å². The maximum Gasteiger partial charge on any atom is 0.198 e. The molecule has 1 aliphatic rings. The molecule has 0 atom stereocenters. The van der Waals surface area contributed by atoms with E-state index in [2.05, 4.69) is 15.5 Å². The number of hydrogen-bond acceptors (Lipinski definition) is 5. The summed E-state index contributed by atoms with van der Waals surface area (Å²) in [6.45, 7) is 0.584. The van der Waals surface area contributed by atoms with Crippen molar-refractivity contribution in [3.63, 3.8) is 0 Å². The van der Waals surface area contributed by atoms with Crippen LogP contribution in [0.4, 0.5) is 0 Å². The molecule has 1 aliphatic carbocycles. The fraction of sp³-hybridized carbons (Fsp3) is 0.214. The van der Waals surface area contributed by atoms with Crippen LogP contribution in [-0.2, 0) is 6.54 Å². The zero-order valence-corrected chi connectivity index (χ0v) is 11.0. The quantitative estimate of drug-likeness (QED) is 0.866. The van der Waals surface area contributed by atoms with Crippen LogP contribution in [0, 0.1) is 0 Å². The highest BCUT2D eigenvalue weighted by Crippen LogP contribution is 2.26. The summed E-state index contributed by atoms with van der Waals surface area (Å²) in [4.78, 5) is 0.